The molecule has 0 aromatic heterocycles. The molecule has 0 spiro atoms. The number of likely N-dealkylation sites (N-methyl/N-ethyl adjacent to an activating group) is 1. The third-order valence-corrected chi connectivity index (χ3v) is 6.73. The van der Waals surface area contributed by atoms with E-state index in [-0.39, 0.29) is 25.8 Å². The van der Waals surface area contributed by atoms with Crippen molar-refractivity contribution in [2.24, 2.45) is 0 Å². The Morgan fingerprint density at radius 2 is 1.47 bits per heavy atom. The molecular formula is C29H57NO7P+. The first-order valence-corrected chi connectivity index (χ1v) is 16.1. The van der Waals surface area contributed by atoms with Crippen LogP contribution in [0.15, 0.2) is 24.3 Å². The summed E-state index contributed by atoms with van der Waals surface area (Å²) in [6, 6.07) is 0. The quantitative estimate of drug-likeness (QED) is 0.0400. The maximum absolute atomic E-state index is 12.2. The molecule has 1 N–H and O–H groups in total. The fraction of sp³-hybridized carbons (Fsp3) is 0.828. The van der Waals surface area contributed by atoms with E-state index in [1.807, 2.05) is 28.1 Å². The zero-order chi connectivity index (χ0) is 28.5. The number of esters is 1. The van der Waals surface area contributed by atoms with Crippen LogP contribution in [0.2, 0.25) is 0 Å². The number of phosphoric acid groups is 1. The molecule has 0 aliphatic rings. The lowest BCUT2D eigenvalue weighted by Crippen LogP contribution is -2.37. The Morgan fingerprint density at radius 3 is 2.13 bits per heavy atom. The van der Waals surface area contributed by atoms with Crippen molar-refractivity contribution in [3.63, 3.8) is 0 Å². The van der Waals surface area contributed by atoms with Crippen LogP contribution in [0.25, 0.3) is 0 Å². The largest absolute Gasteiger partial charge is 0.472 e. The summed E-state index contributed by atoms with van der Waals surface area (Å²) in [5.41, 5.74) is 0. The van der Waals surface area contributed by atoms with Crippen LogP contribution in [0.5, 0.6) is 0 Å². The number of hydrogen-bond acceptors (Lipinski definition) is 6. The van der Waals surface area contributed by atoms with E-state index in [1.165, 1.54) is 38.5 Å². The van der Waals surface area contributed by atoms with Gasteiger partial charge >= 0.3 is 13.8 Å². The van der Waals surface area contributed by atoms with Crippen molar-refractivity contribution in [1.82, 2.24) is 0 Å². The van der Waals surface area contributed by atoms with Gasteiger partial charge in [-0.05, 0) is 38.5 Å². The number of phosphoric ester groups is 1. The summed E-state index contributed by atoms with van der Waals surface area (Å²) in [6.45, 7) is 5.25. The van der Waals surface area contributed by atoms with E-state index in [0.29, 0.717) is 24.1 Å². The van der Waals surface area contributed by atoms with Gasteiger partial charge in [-0.2, -0.15) is 0 Å². The Hall–Kier alpha value is -1.02. The first-order chi connectivity index (χ1) is 18.1. The van der Waals surface area contributed by atoms with E-state index in [0.717, 1.165) is 38.5 Å². The molecule has 0 heterocycles. The van der Waals surface area contributed by atoms with Gasteiger partial charge in [-0.1, -0.05) is 76.7 Å². The minimum Gasteiger partial charge on any atom is -0.457 e. The summed E-state index contributed by atoms with van der Waals surface area (Å²) in [4.78, 5) is 22.1. The molecule has 0 fully saturated rings. The molecule has 0 aromatic rings. The van der Waals surface area contributed by atoms with E-state index in [4.69, 9.17) is 18.5 Å². The summed E-state index contributed by atoms with van der Waals surface area (Å²) in [5, 5.41) is 0. The molecule has 2 unspecified atom stereocenters. The first-order valence-electron chi connectivity index (χ1n) is 14.6. The number of unbranched alkanes of at least 4 members (excludes halogenated alkanes) is 8. The van der Waals surface area contributed by atoms with E-state index in [1.54, 1.807) is 0 Å². The molecule has 9 heteroatoms. The smallest absolute Gasteiger partial charge is 0.457 e. The average Bonchev–Trinajstić information content (AvgIpc) is 2.84. The van der Waals surface area contributed by atoms with Crippen molar-refractivity contribution in [1.29, 1.82) is 0 Å². The lowest BCUT2D eigenvalue weighted by molar-refractivity contribution is -0.870. The van der Waals surface area contributed by atoms with Crippen molar-refractivity contribution in [3.05, 3.63) is 24.3 Å². The second kappa shape index (κ2) is 23.8. The van der Waals surface area contributed by atoms with Gasteiger partial charge < -0.3 is 18.9 Å². The van der Waals surface area contributed by atoms with Gasteiger partial charge in [0.15, 0.2) is 0 Å². The number of hydrogen-bond donors (Lipinski definition) is 1. The number of rotatable bonds is 26. The molecule has 0 radical (unpaired) electrons. The van der Waals surface area contributed by atoms with Crippen molar-refractivity contribution >= 4 is 13.8 Å². The molecule has 0 aromatic carbocycles. The van der Waals surface area contributed by atoms with E-state index < -0.39 is 13.9 Å². The molecule has 224 valence electrons. The van der Waals surface area contributed by atoms with E-state index in [2.05, 4.69) is 31.2 Å². The summed E-state index contributed by atoms with van der Waals surface area (Å²) < 4.78 is 34.1. The molecule has 0 aliphatic carbocycles. The van der Waals surface area contributed by atoms with Gasteiger partial charge in [0.25, 0.3) is 0 Å². The van der Waals surface area contributed by atoms with Gasteiger partial charge in [-0.3, -0.25) is 13.8 Å². The van der Waals surface area contributed by atoms with Crippen LogP contribution in [-0.2, 0) is 27.9 Å². The Morgan fingerprint density at radius 1 is 0.816 bits per heavy atom. The van der Waals surface area contributed by atoms with Crippen molar-refractivity contribution in [2.75, 3.05) is 54.1 Å². The van der Waals surface area contributed by atoms with Crippen LogP contribution in [0.4, 0.5) is 0 Å². The van der Waals surface area contributed by atoms with Crippen molar-refractivity contribution in [3.8, 4) is 0 Å². The Balaban J connectivity index is 4.12. The highest BCUT2D eigenvalue weighted by molar-refractivity contribution is 7.47. The SMILES string of the molecule is CCC/C=C\C/C=C\CCCCCCCCOCC(COP(=O)(O)OCC[N+](C)(C)C)OC(=O)CCCC. The van der Waals surface area contributed by atoms with E-state index >= 15 is 0 Å². The standard InChI is InChI=1S/C29H56NO7P/c1-6-8-10-11-12-13-14-15-16-17-18-19-20-21-24-34-26-28(37-29(31)22-9-7-2)27-36-38(32,33)35-25-23-30(3,4)5/h10-11,13-14,28H,6-9,12,15-27H2,1-5H3/p+1/b11-10-,14-13-. The highest BCUT2D eigenvalue weighted by Gasteiger charge is 2.26. The van der Waals surface area contributed by atoms with Crippen molar-refractivity contribution < 1.29 is 37.3 Å². The molecule has 0 saturated heterocycles. The van der Waals surface area contributed by atoms with Crippen molar-refractivity contribution in [2.45, 2.75) is 103 Å². The normalized spacial score (nSPS) is 14.8. The molecule has 38 heavy (non-hydrogen) atoms. The van der Waals surface area contributed by atoms with Gasteiger partial charge in [0, 0.05) is 13.0 Å². The maximum Gasteiger partial charge on any atom is 0.472 e. The highest BCUT2D eigenvalue weighted by atomic mass is 31.2. The summed E-state index contributed by atoms with van der Waals surface area (Å²) in [5.74, 6) is -0.356. The molecular weight excluding hydrogens is 505 g/mol. The lowest BCUT2D eigenvalue weighted by Gasteiger charge is -2.24. The van der Waals surface area contributed by atoms with Crippen LogP contribution in [0.3, 0.4) is 0 Å². The van der Waals surface area contributed by atoms with Gasteiger partial charge in [-0.15, -0.1) is 0 Å². The predicted octanol–water partition coefficient (Wildman–Crippen LogP) is 6.98. The number of carbonyl (C=O) groups excluding carboxylic acids is 1. The average molecular weight is 563 g/mol. The predicted molar refractivity (Wildman–Crippen MR) is 155 cm³/mol. The van der Waals surface area contributed by atoms with Gasteiger partial charge in [-0.25, -0.2) is 4.57 Å². The summed E-state index contributed by atoms with van der Waals surface area (Å²) in [6.07, 6.45) is 21.6. The number of nitrogens with zero attached hydrogens (tertiary/aromatic N) is 1. The Labute approximate surface area is 233 Å². The summed E-state index contributed by atoms with van der Waals surface area (Å²) >= 11 is 0. The van der Waals surface area contributed by atoms with Gasteiger partial charge in [0.1, 0.15) is 19.3 Å². The monoisotopic (exact) mass is 562 g/mol. The third kappa shape index (κ3) is 26.6. The van der Waals surface area contributed by atoms with Crippen LogP contribution in [-0.4, -0.2) is 75.6 Å². The van der Waals surface area contributed by atoms with Gasteiger partial charge in [0.05, 0.1) is 34.4 Å². The first kappa shape index (κ1) is 37.0. The minimum absolute atomic E-state index is 0.0855. The van der Waals surface area contributed by atoms with Gasteiger partial charge in [0.2, 0.25) is 0 Å². The molecule has 0 rings (SSSR count). The minimum atomic E-state index is -4.24. The molecule has 2 atom stereocenters. The zero-order valence-electron chi connectivity index (χ0n) is 24.9. The third-order valence-electron chi connectivity index (χ3n) is 5.75. The molecule has 0 saturated carbocycles. The van der Waals surface area contributed by atoms with Crippen LogP contribution >= 0.6 is 7.82 Å². The van der Waals surface area contributed by atoms with Crippen LogP contribution in [0, 0.1) is 0 Å². The Bertz CT molecular complexity index is 676. The number of allylic oxidation sites excluding steroid dienone is 4. The fourth-order valence-corrected chi connectivity index (χ4v) is 4.13. The van der Waals surface area contributed by atoms with Crippen LogP contribution in [0.1, 0.15) is 97.3 Å². The van der Waals surface area contributed by atoms with E-state index in [9.17, 15) is 14.3 Å². The molecule has 0 aliphatic heterocycles. The molecule has 8 nitrogen and oxygen atoms in total. The number of carbonyl (C=O) groups is 1. The lowest BCUT2D eigenvalue weighted by atomic mass is 10.1. The highest BCUT2D eigenvalue weighted by Crippen LogP contribution is 2.43. The fourth-order valence-electron chi connectivity index (χ4n) is 3.39. The second-order valence-electron chi connectivity index (χ2n) is 10.8. The second-order valence-corrected chi connectivity index (χ2v) is 12.2. The number of ether oxygens (including phenoxy) is 2. The number of quaternary nitrogens is 1. The molecule has 0 bridgehead atoms. The molecule has 0 amide bonds. The summed E-state index contributed by atoms with van der Waals surface area (Å²) in [7, 11) is 1.65. The topological polar surface area (TPSA) is 91.3 Å². The zero-order valence-corrected chi connectivity index (χ0v) is 25.8. The van der Waals surface area contributed by atoms with Crippen LogP contribution < -0.4 is 0 Å². The Kier molecular flexibility index (Phi) is 23.2. The maximum atomic E-state index is 12.2.